The van der Waals surface area contributed by atoms with Gasteiger partial charge in [0.1, 0.15) is 12.4 Å². The number of hydrogen-bond donors (Lipinski definition) is 2. The van der Waals surface area contributed by atoms with Crippen LogP contribution >= 0.6 is 0 Å². The Balaban J connectivity index is 1.26. The molecule has 7 heteroatoms. The lowest BCUT2D eigenvalue weighted by atomic mass is 10.1. The highest BCUT2D eigenvalue weighted by Crippen LogP contribution is 2.20. The van der Waals surface area contributed by atoms with E-state index in [1.807, 2.05) is 42.5 Å². The maximum absolute atomic E-state index is 12.4. The van der Waals surface area contributed by atoms with Gasteiger partial charge in [0.15, 0.2) is 0 Å². The van der Waals surface area contributed by atoms with E-state index in [2.05, 4.69) is 20.5 Å². The lowest BCUT2D eigenvalue weighted by molar-refractivity contribution is 0.159. The lowest BCUT2D eigenvalue weighted by Gasteiger charge is -2.27. The Morgan fingerprint density at radius 3 is 2.71 bits per heavy atom. The van der Waals surface area contributed by atoms with Crippen LogP contribution in [0.2, 0.25) is 0 Å². The molecule has 0 aliphatic carbocycles. The average molecular weight is 382 g/mol. The smallest absolute Gasteiger partial charge is 0.319 e. The summed E-state index contributed by atoms with van der Waals surface area (Å²) in [7, 11) is 0. The van der Waals surface area contributed by atoms with Gasteiger partial charge in [-0.1, -0.05) is 6.07 Å². The summed E-state index contributed by atoms with van der Waals surface area (Å²) in [6, 6.07) is 13.2. The highest BCUT2D eigenvalue weighted by atomic mass is 16.5. The van der Waals surface area contributed by atoms with E-state index < -0.39 is 0 Å². The van der Waals surface area contributed by atoms with Crippen molar-refractivity contribution >= 4 is 11.7 Å². The molecule has 3 heterocycles. The molecule has 4 rings (SSSR count). The van der Waals surface area contributed by atoms with Crippen LogP contribution in [0.5, 0.6) is 5.75 Å². The normalized spacial score (nSPS) is 22.1. The van der Waals surface area contributed by atoms with Crippen LogP contribution in [0.15, 0.2) is 48.7 Å². The number of pyridine rings is 1. The van der Waals surface area contributed by atoms with E-state index in [0.717, 1.165) is 30.2 Å². The summed E-state index contributed by atoms with van der Waals surface area (Å²) in [5, 5.41) is 5.95. The van der Waals surface area contributed by atoms with E-state index in [1.165, 1.54) is 12.8 Å². The average Bonchev–Trinajstić information content (AvgIpc) is 3.40. The second-order valence-electron chi connectivity index (χ2n) is 7.19. The lowest BCUT2D eigenvalue weighted by Crippen LogP contribution is -2.51. The number of rotatable bonds is 6. The predicted molar refractivity (Wildman–Crippen MR) is 106 cm³/mol. The second-order valence-corrected chi connectivity index (χ2v) is 7.19. The van der Waals surface area contributed by atoms with E-state index in [9.17, 15) is 4.79 Å². The number of nitrogens with zero attached hydrogens (tertiary/aromatic N) is 2. The Hall–Kier alpha value is -2.64. The monoisotopic (exact) mass is 382 g/mol. The molecule has 1 aromatic heterocycles. The largest absolute Gasteiger partial charge is 0.487 e. The first-order valence-electron chi connectivity index (χ1n) is 9.80. The molecule has 28 heavy (non-hydrogen) atoms. The Bertz CT molecular complexity index is 763. The molecule has 1 aromatic carbocycles. The summed E-state index contributed by atoms with van der Waals surface area (Å²) >= 11 is 0. The number of aromatic nitrogens is 1. The highest BCUT2D eigenvalue weighted by molar-refractivity contribution is 5.89. The predicted octanol–water partition coefficient (Wildman–Crippen LogP) is 2.65. The maximum atomic E-state index is 12.4. The molecular weight excluding hydrogens is 356 g/mol. The number of carbonyl (C=O) groups excluding carboxylic acids is 1. The zero-order valence-corrected chi connectivity index (χ0v) is 15.8. The number of ether oxygens (including phenoxy) is 2. The summed E-state index contributed by atoms with van der Waals surface area (Å²) in [4.78, 5) is 19.0. The van der Waals surface area contributed by atoms with E-state index >= 15 is 0 Å². The highest BCUT2D eigenvalue weighted by Gasteiger charge is 2.35. The Morgan fingerprint density at radius 1 is 1.14 bits per heavy atom. The van der Waals surface area contributed by atoms with E-state index in [-0.39, 0.29) is 18.1 Å². The fourth-order valence-electron chi connectivity index (χ4n) is 3.72. The topological polar surface area (TPSA) is 75.7 Å². The van der Waals surface area contributed by atoms with Gasteiger partial charge in [0.25, 0.3) is 0 Å². The molecule has 0 saturated carbocycles. The van der Waals surface area contributed by atoms with Crippen LogP contribution < -0.4 is 15.4 Å². The van der Waals surface area contributed by atoms with Gasteiger partial charge in [0.05, 0.1) is 31.0 Å². The van der Waals surface area contributed by atoms with Crippen molar-refractivity contribution in [3.8, 4) is 5.75 Å². The van der Waals surface area contributed by atoms with E-state index in [4.69, 9.17) is 9.47 Å². The van der Waals surface area contributed by atoms with Gasteiger partial charge in [-0.2, -0.15) is 0 Å². The van der Waals surface area contributed by atoms with Gasteiger partial charge < -0.3 is 20.1 Å². The summed E-state index contributed by atoms with van der Waals surface area (Å²) in [6.07, 6.45) is 4.20. The van der Waals surface area contributed by atoms with Crippen molar-refractivity contribution in [1.29, 1.82) is 0 Å². The first-order chi connectivity index (χ1) is 13.8. The van der Waals surface area contributed by atoms with Crippen molar-refractivity contribution in [1.82, 2.24) is 15.2 Å². The number of anilines is 1. The molecule has 2 amide bonds. The molecule has 148 valence electrons. The molecular formula is C21H26N4O3. The van der Waals surface area contributed by atoms with Crippen molar-refractivity contribution in [2.45, 2.75) is 31.5 Å². The number of likely N-dealkylation sites (tertiary alicyclic amines) is 1. The molecule has 2 saturated heterocycles. The van der Waals surface area contributed by atoms with Crippen molar-refractivity contribution < 1.29 is 14.3 Å². The fraction of sp³-hybridized carbons (Fsp3) is 0.429. The van der Waals surface area contributed by atoms with Gasteiger partial charge in [-0.05, 0) is 62.3 Å². The zero-order valence-electron chi connectivity index (χ0n) is 15.8. The van der Waals surface area contributed by atoms with Crippen LogP contribution in [0, 0.1) is 0 Å². The molecule has 0 bridgehead atoms. The first-order valence-corrected chi connectivity index (χ1v) is 9.80. The SMILES string of the molecule is O=C(Nc1ccc(OCc2ccccn2)cc1)N[C@H]1COC[C@@H]1N1CCCC1. The fourth-order valence-corrected chi connectivity index (χ4v) is 3.72. The summed E-state index contributed by atoms with van der Waals surface area (Å²) in [6.45, 7) is 3.84. The molecule has 2 aromatic rings. The van der Waals surface area contributed by atoms with Gasteiger partial charge in [-0.3, -0.25) is 9.88 Å². The van der Waals surface area contributed by atoms with Crippen molar-refractivity contribution in [3.05, 3.63) is 54.4 Å². The van der Waals surface area contributed by atoms with Gasteiger partial charge >= 0.3 is 6.03 Å². The third-order valence-electron chi connectivity index (χ3n) is 5.20. The molecule has 7 nitrogen and oxygen atoms in total. The van der Waals surface area contributed by atoms with Crippen LogP contribution in [0.1, 0.15) is 18.5 Å². The number of nitrogens with one attached hydrogen (secondary N) is 2. The quantitative estimate of drug-likeness (QED) is 0.803. The number of hydrogen-bond acceptors (Lipinski definition) is 5. The third kappa shape index (κ3) is 4.79. The van der Waals surface area contributed by atoms with Crippen molar-refractivity contribution in [2.75, 3.05) is 31.6 Å². The number of urea groups is 1. The minimum absolute atomic E-state index is 0.0269. The molecule has 2 atom stereocenters. The Morgan fingerprint density at radius 2 is 1.96 bits per heavy atom. The Kier molecular flexibility index (Phi) is 6.04. The van der Waals surface area contributed by atoms with Gasteiger partial charge in [-0.25, -0.2) is 4.79 Å². The molecule has 2 fully saturated rings. The first kappa shape index (κ1) is 18.7. The summed E-state index contributed by atoms with van der Waals surface area (Å²) in [5.74, 6) is 0.731. The number of carbonyl (C=O) groups is 1. The second kappa shape index (κ2) is 9.03. The van der Waals surface area contributed by atoms with E-state index in [1.54, 1.807) is 6.20 Å². The van der Waals surface area contributed by atoms with E-state index in [0.29, 0.717) is 19.8 Å². The van der Waals surface area contributed by atoms with Crippen molar-refractivity contribution in [2.24, 2.45) is 0 Å². The maximum Gasteiger partial charge on any atom is 0.319 e. The van der Waals surface area contributed by atoms with Crippen LogP contribution in [0.3, 0.4) is 0 Å². The third-order valence-corrected chi connectivity index (χ3v) is 5.20. The molecule has 2 aliphatic rings. The standard InChI is InChI=1S/C21H26N4O3/c26-21(24-19-14-27-15-20(19)25-11-3-4-12-25)23-16-6-8-18(9-7-16)28-13-17-5-1-2-10-22-17/h1-2,5-10,19-20H,3-4,11-15H2,(H2,23,24,26)/t19-,20-/m0/s1. The van der Waals surface area contributed by atoms with Gasteiger partial charge in [0.2, 0.25) is 0 Å². The summed E-state index contributed by atoms with van der Waals surface area (Å²) < 4.78 is 11.3. The summed E-state index contributed by atoms with van der Waals surface area (Å²) in [5.41, 5.74) is 1.59. The molecule has 0 unspecified atom stereocenters. The minimum atomic E-state index is -0.207. The van der Waals surface area contributed by atoms with Crippen molar-refractivity contribution in [3.63, 3.8) is 0 Å². The molecule has 0 spiro atoms. The van der Waals surface area contributed by atoms with Crippen LogP contribution in [0.4, 0.5) is 10.5 Å². The number of amides is 2. The zero-order chi connectivity index (χ0) is 19.2. The van der Waals surface area contributed by atoms with Gasteiger partial charge in [0, 0.05) is 11.9 Å². The molecule has 0 radical (unpaired) electrons. The van der Waals surface area contributed by atoms with Crippen LogP contribution in [-0.4, -0.2) is 54.3 Å². The molecule has 2 aliphatic heterocycles. The molecule has 2 N–H and O–H groups in total. The number of benzene rings is 1. The minimum Gasteiger partial charge on any atom is -0.487 e. The Labute approximate surface area is 165 Å². The van der Waals surface area contributed by atoms with Crippen LogP contribution in [0.25, 0.3) is 0 Å². The van der Waals surface area contributed by atoms with Gasteiger partial charge in [-0.15, -0.1) is 0 Å². The van der Waals surface area contributed by atoms with Crippen LogP contribution in [-0.2, 0) is 11.3 Å².